The zero-order valence-electron chi connectivity index (χ0n) is 9.39. The summed E-state index contributed by atoms with van der Waals surface area (Å²) in [6, 6.07) is 0.276. The molecule has 0 aromatic rings. The molecule has 1 N–H and O–H groups in total. The smallest absolute Gasteiger partial charge is 0.220 e. The van der Waals surface area contributed by atoms with Crippen LogP contribution in [0.2, 0.25) is 0 Å². The summed E-state index contributed by atoms with van der Waals surface area (Å²) in [5.74, 6) is 0.951. The van der Waals surface area contributed by atoms with E-state index in [4.69, 9.17) is 0 Å². The summed E-state index contributed by atoms with van der Waals surface area (Å²) >= 11 is 0. The zero-order chi connectivity index (χ0) is 10.3. The number of carbonyl (C=O) groups excluding carboxylic acids is 1. The third-order valence-electron chi connectivity index (χ3n) is 1.88. The van der Waals surface area contributed by atoms with Crippen LogP contribution in [0.4, 0.5) is 0 Å². The molecule has 0 saturated carbocycles. The normalized spacial score (nSPS) is 10.9. The van der Waals surface area contributed by atoms with Crippen molar-refractivity contribution in [3.63, 3.8) is 0 Å². The van der Waals surface area contributed by atoms with Crippen LogP contribution in [0.3, 0.4) is 0 Å². The first-order valence-electron chi connectivity index (χ1n) is 5.31. The average molecular weight is 185 g/mol. The van der Waals surface area contributed by atoms with Gasteiger partial charge in [0.25, 0.3) is 0 Å². The van der Waals surface area contributed by atoms with Gasteiger partial charge in [-0.2, -0.15) is 0 Å². The number of hydrogen-bond acceptors (Lipinski definition) is 1. The molecule has 78 valence electrons. The number of hydrogen-bond donors (Lipinski definition) is 1. The Bertz CT molecular complexity index is 141. The molecule has 0 aromatic carbocycles. The fourth-order valence-electron chi connectivity index (χ4n) is 1.23. The number of unbranched alkanes of at least 4 members (excludes halogenated alkanes) is 1. The van der Waals surface area contributed by atoms with Crippen LogP contribution >= 0.6 is 0 Å². The minimum Gasteiger partial charge on any atom is -0.354 e. The van der Waals surface area contributed by atoms with Crippen molar-refractivity contribution in [2.75, 3.05) is 0 Å². The molecule has 0 aliphatic carbocycles. The van der Waals surface area contributed by atoms with E-state index in [1.165, 1.54) is 12.8 Å². The van der Waals surface area contributed by atoms with Crippen LogP contribution in [0.15, 0.2) is 0 Å². The van der Waals surface area contributed by atoms with Crippen molar-refractivity contribution in [1.82, 2.24) is 5.32 Å². The van der Waals surface area contributed by atoms with Crippen molar-refractivity contribution in [3.8, 4) is 0 Å². The molecule has 0 aliphatic heterocycles. The Kier molecular flexibility index (Phi) is 6.65. The predicted molar refractivity (Wildman–Crippen MR) is 56.6 cm³/mol. The molecule has 2 nitrogen and oxygen atoms in total. The van der Waals surface area contributed by atoms with Crippen molar-refractivity contribution < 1.29 is 4.79 Å². The van der Waals surface area contributed by atoms with Crippen molar-refractivity contribution in [2.45, 2.75) is 59.4 Å². The molecule has 13 heavy (non-hydrogen) atoms. The molecule has 0 heterocycles. The van der Waals surface area contributed by atoms with Crippen molar-refractivity contribution >= 4 is 5.91 Å². The van der Waals surface area contributed by atoms with Gasteiger partial charge in [0.05, 0.1) is 0 Å². The summed E-state index contributed by atoms with van der Waals surface area (Å²) in [6.07, 6.45) is 4.11. The largest absolute Gasteiger partial charge is 0.354 e. The summed E-state index contributed by atoms with van der Waals surface area (Å²) in [6.45, 7) is 8.42. The number of nitrogens with one attached hydrogen (secondary N) is 1. The first-order chi connectivity index (χ1) is 6.02. The molecule has 0 fully saturated rings. The molecule has 1 amide bonds. The second kappa shape index (κ2) is 6.93. The number of carbonyl (C=O) groups is 1. The number of rotatable bonds is 6. The minimum absolute atomic E-state index is 0.193. The van der Waals surface area contributed by atoms with Gasteiger partial charge in [-0.25, -0.2) is 0 Å². The highest BCUT2D eigenvalue weighted by molar-refractivity contribution is 5.76. The maximum absolute atomic E-state index is 11.2. The van der Waals surface area contributed by atoms with Crippen LogP contribution in [0.5, 0.6) is 0 Å². The van der Waals surface area contributed by atoms with E-state index in [9.17, 15) is 4.79 Å². The summed E-state index contributed by atoms with van der Waals surface area (Å²) in [4.78, 5) is 11.2. The Balaban J connectivity index is 3.27. The van der Waals surface area contributed by atoms with Crippen molar-refractivity contribution in [3.05, 3.63) is 0 Å². The minimum atomic E-state index is 0.193. The van der Waals surface area contributed by atoms with E-state index in [1.54, 1.807) is 0 Å². The van der Waals surface area contributed by atoms with Gasteiger partial charge in [-0.1, -0.05) is 26.7 Å². The maximum Gasteiger partial charge on any atom is 0.220 e. The summed E-state index contributed by atoms with van der Waals surface area (Å²) in [5.41, 5.74) is 0. The average Bonchev–Trinajstić information content (AvgIpc) is 1.96. The summed E-state index contributed by atoms with van der Waals surface area (Å²) in [5, 5.41) is 2.89. The highest BCUT2D eigenvalue weighted by atomic mass is 16.1. The van der Waals surface area contributed by atoms with E-state index < -0.39 is 0 Å². The lowest BCUT2D eigenvalue weighted by Crippen LogP contribution is -2.29. The van der Waals surface area contributed by atoms with E-state index >= 15 is 0 Å². The molecular weight excluding hydrogens is 162 g/mol. The van der Waals surface area contributed by atoms with Crippen LogP contribution < -0.4 is 5.32 Å². The Morgan fingerprint density at radius 1 is 1.15 bits per heavy atom. The fraction of sp³-hybridized carbons (Fsp3) is 0.909. The number of amides is 1. The molecule has 0 bridgehead atoms. The van der Waals surface area contributed by atoms with E-state index in [0.29, 0.717) is 6.42 Å². The van der Waals surface area contributed by atoms with Crippen LogP contribution in [0.1, 0.15) is 53.4 Å². The second-order valence-electron chi connectivity index (χ2n) is 4.36. The van der Waals surface area contributed by atoms with Gasteiger partial charge < -0.3 is 5.32 Å². The van der Waals surface area contributed by atoms with Gasteiger partial charge in [-0.05, 0) is 26.2 Å². The molecule has 2 heteroatoms. The molecule has 0 aromatic heterocycles. The first kappa shape index (κ1) is 12.5. The quantitative estimate of drug-likeness (QED) is 0.633. The Labute approximate surface area is 82.1 Å². The van der Waals surface area contributed by atoms with Gasteiger partial charge in [0.15, 0.2) is 0 Å². The highest BCUT2D eigenvalue weighted by Crippen LogP contribution is 2.07. The lowest BCUT2D eigenvalue weighted by Gasteiger charge is -2.08. The van der Waals surface area contributed by atoms with Crippen LogP contribution in [0.25, 0.3) is 0 Å². The van der Waals surface area contributed by atoms with Crippen LogP contribution in [0, 0.1) is 5.92 Å². The highest BCUT2D eigenvalue weighted by Gasteiger charge is 2.02. The standard InChI is InChI=1S/C11H23NO/c1-9(2)7-5-6-8-11(13)12-10(3)4/h9-10H,5-8H2,1-4H3,(H,12,13). The molecular formula is C11H23NO. The molecule has 0 spiro atoms. The van der Waals surface area contributed by atoms with E-state index in [0.717, 1.165) is 12.3 Å². The topological polar surface area (TPSA) is 29.1 Å². The van der Waals surface area contributed by atoms with Gasteiger partial charge in [0, 0.05) is 12.5 Å². The summed E-state index contributed by atoms with van der Waals surface area (Å²) < 4.78 is 0. The third-order valence-corrected chi connectivity index (χ3v) is 1.88. The Morgan fingerprint density at radius 2 is 1.77 bits per heavy atom. The van der Waals surface area contributed by atoms with E-state index in [2.05, 4.69) is 19.2 Å². The first-order valence-corrected chi connectivity index (χ1v) is 5.31. The predicted octanol–water partition coefficient (Wildman–Crippen LogP) is 2.73. The Morgan fingerprint density at radius 3 is 2.23 bits per heavy atom. The SMILES string of the molecule is CC(C)CCCCC(=O)NC(C)C. The van der Waals surface area contributed by atoms with Gasteiger partial charge in [-0.15, -0.1) is 0 Å². The molecule has 0 unspecified atom stereocenters. The van der Waals surface area contributed by atoms with Gasteiger partial charge >= 0.3 is 0 Å². The molecule has 0 rings (SSSR count). The lowest BCUT2D eigenvalue weighted by molar-refractivity contribution is -0.121. The lowest BCUT2D eigenvalue weighted by atomic mass is 10.1. The fourth-order valence-corrected chi connectivity index (χ4v) is 1.23. The molecule has 0 radical (unpaired) electrons. The second-order valence-corrected chi connectivity index (χ2v) is 4.36. The summed E-state index contributed by atoms with van der Waals surface area (Å²) in [7, 11) is 0. The van der Waals surface area contributed by atoms with E-state index in [-0.39, 0.29) is 11.9 Å². The zero-order valence-corrected chi connectivity index (χ0v) is 9.39. The third kappa shape index (κ3) is 9.38. The van der Waals surface area contributed by atoms with E-state index in [1.807, 2.05) is 13.8 Å². The van der Waals surface area contributed by atoms with Crippen molar-refractivity contribution in [1.29, 1.82) is 0 Å². The maximum atomic E-state index is 11.2. The van der Waals surface area contributed by atoms with Crippen molar-refractivity contribution in [2.24, 2.45) is 5.92 Å². The molecule has 0 atom stereocenters. The molecule has 0 saturated heterocycles. The van der Waals surface area contributed by atoms with Gasteiger partial charge in [-0.3, -0.25) is 4.79 Å². The molecule has 0 aliphatic rings. The Hall–Kier alpha value is -0.530. The van der Waals surface area contributed by atoms with Crippen LogP contribution in [-0.2, 0) is 4.79 Å². The van der Waals surface area contributed by atoms with Gasteiger partial charge in [0.1, 0.15) is 0 Å². The van der Waals surface area contributed by atoms with Gasteiger partial charge in [0.2, 0.25) is 5.91 Å². The van der Waals surface area contributed by atoms with Crippen LogP contribution in [-0.4, -0.2) is 11.9 Å². The monoisotopic (exact) mass is 185 g/mol.